The normalized spacial score (nSPS) is 18.5. The third-order valence-corrected chi connectivity index (χ3v) is 6.58. The highest BCUT2D eigenvalue weighted by atomic mass is 16.7. The molecule has 3 rings (SSSR count). The zero-order valence-corrected chi connectivity index (χ0v) is 23.8. The van der Waals surface area contributed by atoms with Gasteiger partial charge in [-0.25, -0.2) is 4.98 Å². The fourth-order valence-electron chi connectivity index (χ4n) is 4.52. The van der Waals surface area contributed by atoms with Crippen molar-refractivity contribution in [2.24, 2.45) is 5.92 Å². The van der Waals surface area contributed by atoms with Crippen LogP contribution in [0.15, 0.2) is 48.5 Å². The van der Waals surface area contributed by atoms with Crippen LogP contribution in [0.4, 0.5) is 0 Å². The van der Waals surface area contributed by atoms with Gasteiger partial charge in [0.05, 0.1) is 30.6 Å². The molecule has 13 nitrogen and oxygen atoms in total. The van der Waals surface area contributed by atoms with Gasteiger partial charge in [-0.3, -0.25) is 24.0 Å². The molecule has 4 atom stereocenters. The van der Waals surface area contributed by atoms with Gasteiger partial charge in [-0.05, 0) is 31.4 Å². The van der Waals surface area contributed by atoms with E-state index in [1.807, 2.05) is 44.2 Å². The van der Waals surface area contributed by atoms with Crippen molar-refractivity contribution < 1.29 is 43.5 Å². The van der Waals surface area contributed by atoms with E-state index in [1.54, 1.807) is 12.1 Å². The summed E-state index contributed by atoms with van der Waals surface area (Å²) in [5.41, 5.74) is -0.742. The van der Waals surface area contributed by atoms with E-state index in [0.29, 0.717) is 5.69 Å². The fraction of sp³-hybridized carbons (Fsp3) is 0.429. The predicted molar refractivity (Wildman–Crippen MR) is 151 cm³/mol. The molecular formula is C28H35BN4O9. The van der Waals surface area contributed by atoms with Gasteiger partial charge in [-0.2, -0.15) is 0 Å². The van der Waals surface area contributed by atoms with Crippen LogP contribution in [-0.2, 0) is 28.5 Å². The van der Waals surface area contributed by atoms with Gasteiger partial charge < -0.3 is 35.5 Å². The van der Waals surface area contributed by atoms with E-state index >= 15 is 0 Å². The Morgan fingerprint density at radius 1 is 1.00 bits per heavy atom. The molecule has 224 valence electrons. The summed E-state index contributed by atoms with van der Waals surface area (Å²) in [5.74, 6) is -5.64. The molecule has 1 fully saturated rings. The van der Waals surface area contributed by atoms with E-state index in [4.69, 9.17) is 9.31 Å². The van der Waals surface area contributed by atoms with Crippen molar-refractivity contribution in [3.8, 4) is 11.3 Å². The zero-order chi connectivity index (χ0) is 31.0. The van der Waals surface area contributed by atoms with Gasteiger partial charge in [0.2, 0.25) is 11.8 Å². The van der Waals surface area contributed by atoms with Crippen LogP contribution in [0.2, 0.25) is 0 Å². The highest BCUT2D eigenvalue weighted by Gasteiger charge is 2.57. The third-order valence-electron chi connectivity index (χ3n) is 6.58. The Kier molecular flexibility index (Phi) is 10.8. The maximum absolute atomic E-state index is 13.4. The number of carboxylic acids is 1. The SMILES string of the molecule is CNC(=O)C[C@]1(CC(=O)O)OB([C@H](CC(C)C)NC(=O)C(NC(=O)c2cccc(-c3ccccc3)n2)[C@@H](C)O)OC1=O. The van der Waals surface area contributed by atoms with Gasteiger partial charge in [0.15, 0.2) is 5.60 Å². The quantitative estimate of drug-likeness (QED) is 0.210. The first-order chi connectivity index (χ1) is 19.8. The monoisotopic (exact) mass is 582 g/mol. The van der Waals surface area contributed by atoms with Crippen LogP contribution in [0.25, 0.3) is 11.3 Å². The van der Waals surface area contributed by atoms with Crippen molar-refractivity contribution in [3.05, 3.63) is 54.2 Å². The summed E-state index contributed by atoms with van der Waals surface area (Å²) in [6.07, 6.45) is -2.56. The number of benzene rings is 1. The average Bonchev–Trinajstić information content (AvgIpc) is 3.25. The molecule has 1 aromatic heterocycles. The maximum Gasteiger partial charge on any atom is 0.552 e. The molecule has 2 heterocycles. The average molecular weight is 582 g/mol. The fourth-order valence-corrected chi connectivity index (χ4v) is 4.52. The van der Waals surface area contributed by atoms with Crippen LogP contribution in [0.3, 0.4) is 0 Å². The molecule has 2 aromatic rings. The topological polar surface area (TPSA) is 193 Å². The Morgan fingerprint density at radius 2 is 1.69 bits per heavy atom. The molecule has 1 aliphatic heterocycles. The Morgan fingerprint density at radius 3 is 2.29 bits per heavy atom. The van der Waals surface area contributed by atoms with E-state index < -0.39 is 73.3 Å². The summed E-state index contributed by atoms with van der Waals surface area (Å²) in [5, 5.41) is 27.3. The summed E-state index contributed by atoms with van der Waals surface area (Å²) < 4.78 is 11.1. The summed E-state index contributed by atoms with van der Waals surface area (Å²) in [7, 11) is -0.101. The van der Waals surface area contributed by atoms with E-state index in [9.17, 15) is 34.2 Å². The lowest BCUT2D eigenvalue weighted by Crippen LogP contribution is -2.58. The van der Waals surface area contributed by atoms with E-state index in [-0.39, 0.29) is 18.0 Å². The van der Waals surface area contributed by atoms with Gasteiger partial charge in [-0.15, -0.1) is 0 Å². The Bertz CT molecular complexity index is 1310. The molecule has 14 heteroatoms. The lowest BCUT2D eigenvalue weighted by molar-refractivity contribution is -0.154. The minimum Gasteiger partial charge on any atom is -0.506 e. The Labute approximate surface area is 243 Å². The van der Waals surface area contributed by atoms with Crippen LogP contribution in [0, 0.1) is 5.92 Å². The van der Waals surface area contributed by atoms with Crippen molar-refractivity contribution in [3.63, 3.8) is 0 Å². The molecular weight excluding hydrogens is 547 g/mol. The van der Waals surface area contributed by atoms with Crippen LogP contribution >= 0.6 is 0 Å². The second kappa shape index (κ2) is 14.1. The summed E-state index contributed by atoms with van der Waals surface area (Å²) in [4.78, 5) is 67.3. The maximum atomic E-state index is 13.4. The molecule has 42 heavy (non-hydrogen) atoms. The van der Waals surface area contributed by atoms with Crippen LogP contribution in [0.1, 0.15) is 50.5 Å². The number of nitrogens with one attached hydrogen (secondary N) is 3. The minimum atomic E-state index is -2.09. The highest BCUT2D eigenvalue weighted by Crippen LogP contribution is 2.32. The molecule has 0 bridgehead atoms. The number of aliphatic hydroxyl groups excluding tert-OH is 1. The number of nitrogens with zero attached hydrogens (tertiary/aromatic N) is 1. The van der Waals surface area contributed by atoms with Crippen molar-refractivity contribution in [2.45, 2.75) is 63.7 Å². The van der Waals surface area contributed by atoms with Gasteiger partial charge in [0.1, 0.15) is 11.7 Å². The van der Waals surface area contributed by atoms with Crippen molar-refractivity contribution >= 4 is 36.8 Å². The number of carbonyl (C=O) groups excluding carboxylic acids is 4. The van der Waals surface area contributed by atoms with Gasteiger partial charge in [0.25, 0.3) is 5.91 Å². The number of carboxylic acid groups (broad SMARTS) is 1. The number of amides is 3. The minimum absolute atomic E-state index is 0.0224. The van der Waals surface area contributed by atoms with Crippen molar-refractivity contribution in [2.75, 3.05) is 7.05 Å². The Balaban J connectivity index is 1.80. The standard InChI is InChI=1S/C28H35BN4O9/c1-16(2)13-21(29-41-27(40)28(42-29,15-23(36)37)14-22(35)30-4)32-26(39)24(17(3)34)33-25(38)20-12-8-11-19(31-20)18-9-6-5-7-10-18/h5-12,16-17,21,24,34H,13-15H2,1-4H3,(H,30,35)(H,32,39)(H,33,38)(H,36,37)/t17-,21+,24?,28-/m1/s1. The lowest BCUT2D eigenvalue weighted by atomic mass is 9.73. The van der Waals surface area contributed by atoms with Gasteiger partial charge in [0, 0.05) is 12.6 Å². The van der Waals surface area contributed by atoms with E-state index in [1.165, 1.54) is 20.0 Å². The summed E-state index contributed by atoms with van der Waals surface area (Å²) >= 11 is 0. The van der Waals surface area contributed by atoms with E-state index in [2.05, 4.69) is 20.9 Å². The molecule has 1 aliphatic rings. The number of hydrogen-bond acceptors (Lipinski definition) is 9. The molecule has 1 aromatic carbocycles. The van der Waals surface area contributed by atoms with Gasteiger partial charge in [-0.1, -0.05) is 50.2 Å². The number of aliphatic hydroxyl groups is 1. The first-order valence-corrected chi connectivity index (χ1v) is 13.5. The number of carbonyl (C=O) groups is 5. The summed E-state index contributed by atoms with van der Waals surface area (Å²) in [6, 6.07) is 12.6. The van der Waals surface area contributed by atoms with Crippen LogP contribution < -0.4 is 16.0 Å². The van der Waals surface area contributed by atoms with Crippen molar-refractivity contribution in [1.29, 1.82) is 0 Å². The molecule has 0 spiro atoms. The second-order valence-corrected chi connectivity index (χ2v) is 10.5. The molecule has 1 saturated heterocycles. The van der Waals surface area contributed by atoms with Gasteiger partial charge >= 0.3 is 19.1 Å². The van der Waals surface area contributed by atoms with E-state index in [0.717, 1.165) is 5.56 Å². The highest BCUT2D eigenvalue weighted by molar-refractivity contribution is 6.51. The molecule has 0 aliphatic carbocycles. The van der Waals surface area contributed by atoms with Crippen LogP contribution in [0.5, 0.6) is 0 Å². The first kappa shape index (κ1) is 32.2. The number of hydrogen-bond donors (Lipinski definition) is 5. The third kappa shape index (κ3) is 8.14. The predicted octanol–water partition coefficient (Wildman–Crippen LogP) is 0.709. The molecule has 3 amide bonds. The lowest BCUT2D eigenvalue weighted by Gasteiger charge is -2.27. The Hall–Kier alpha value is -4.30. The van der Waals surface area contributed by atoms with Crippen molar-refractivity contribution in [1.82, 2.24) is 20.9 Å². The number of pyridine rings is 1. The number of aromatic nitrogens is 1. The molecule has 1 unspecified atom stereocenters. The second-order valence-electron chi connectivity index (χ2n) is 10.5. The summed E-state index contributed by atoms with van der Waals surface area (Å²) in [6.45, 7) is 5.00. The molecule has 5 N–H and O–H groups in total. The zero-order valence-electron chi connectivity index (χ0n) is 23.8. The van der Waals surface area contributed by atoms with Crippen LogP contribution in [-0.4, -0.2) is 82.7 Å². The first-order valence-electron chi connectivity index (χ1n) is 13.5. The molecule has 0 saturated carbocycles. The number of rotatable bonds is 13. The smallest absolute Gasteiger partial charge is 0.506 e. The number of aliphatic carboxylic acids is 1. The molecule has 0 radical (unpaired) electrons. The largest absolute Gasteiger partial charge is 0.552 e.